The number of amides is 1. The lowest BCUT2D eigenvalue weighted by Crippen LogP contribution is -2.13. The van der Waals surface area contributed by atoms with Crippen LogP contribution in [-0.4, -0.2) is 5.91 Å². The SMILES string of the molecule is O=C(Nc1ccc(F)cc1F)c1ccc(F)cc1Cl. The van der Waals surface area contributed by atoms with E-state index in [0.29, 0.717) is 6.07 Å². The zero-order valence-corrected chi connectivity index (χ0v) is 10.1. The summed E-state index contributed by atoms with van der Waals surface area (Å²) in [5.41, 5.74) is -0.196. The number of anilines is 1. The van der Waals surface area contributed by atoms with E-state index in [1.54, 1.807) is 0 Å². The monoisotopic (exact) mass is 285 g/mol. The molecule has 0 atom stereocenters. The fourth-order valence-electron chi connectivity index (χ4n) is 1.45. The Hall–Kier alpha value is -2.01. The van der Waals surface area contributed by atoms with Crippen LogP contribution in [0.3, 0.4) is 0 Å². The lowest BCUT2D eigenvalue weighted by atomic mass is 10.2. The van der Waals surface area contributed by atoms with Gasteiger partial charge in [-0.3, -0.25) is 4.79 Å². The maximum absolute atomic E-state index is 13.3. The van der Waals surface area contributed by atoms with Gasteiger partial charge in [0, 0.05) is 6.07 Å². The molecule has 0 aromatic heterocycles. The molecule has 1 N–H and O–H groups in total. The molecule has 0 aliphatic heterocycles. The van der Waals surface area contributed by atoms with Crippen LogP contribution < -0.4 is 5.32 Å². The van der Waals surface area contributed by atoms with E-state index in [0.717, 1.165) is 24.3 Å². The van der Waals surface area contributed by atoms with E-state index >= 15 is 0 Å². The van der Waals surface area contributed by atoms with Crippen molar-refractivity contribution >= 4 is 23.2 Å². The van der Waals surface area contributed by atoms with Crippen LogP contribution in [0, 0.1) is 17.5 Å². The van der Waals surface area contributed by atoms with Crippen molar-refractivity contribution in [1.82, 2.24) is 0 Å². The zero-order chi connectivity index (χ0) is 14.0. The molecule has 1 amide bonds. The van der Waals surface area contributed by atoms with Crippen molar-refractivity contribution in [2.45, 2.75) is 0 Å². The molecule has 19 heavy (non-hydrogen) atoms. The molecule has 2 rings (SSSR count). The van der Waals surface area contributed by atoms with Crippen molar-refractivity contribution in [3.05, 3.63) is 64.4 Å². The summed E-state index contributed by atoms with van der Waals surface area (Å²) in [6.45, 7) is 0. The number of rotatable bonds is 2. The van der Waals surface area contributed by atoms with Gasteiger partial charge in [-0.2, -0.15) is 0 Å². The van der Waals surface area contributed by atoms with Crippen molar-refractivity contribution in [2.75, 3.05) is 5.32 Å². The van der Waals surface area contributed by atoms with Gasteiger partial charge in [-0.1, -0.05) is 11.6 Å². The van der Waals surface area contributed by atoms with Gasteiger partial charge in [0.15, 0.2) is 0 Å². The van der Waals surface area contributed by atoms with Gasteiger partial charge in [0.25, 0.3) is 5.91 Å². The summed E-state index contributed by atoms with van der Waals surface area (Å²) in [7, 11) is 0. The Morgan fingerprint density at radius 1 is 1.00 bits per heavy atom. The summed E-state index contributed by atoms with van der Waals surface area (Å²) in [6, 6.07) is 5.93. The van der Waals surface area contributed by atoms with Crippen LogP contribution in [0.4, 0.5) is 18.9 Å². The van der Waals surface area contributed by atoms with Gasteiger partial charge in [0.1, 0.15) is 17.5 Å². The highest BCUT2D eigenvalue weighted by Crippen LogP contribution is 2.20. The molecule has 0 saturated carbocycles. The molecule has 2 nitrogen and oxygen atoms in total. The predicted octanol–water partition coefficient (Wildman–Crippen LogP) is 4.01. The first kappa shape index (κ1) is 13.4. The highest BCUT2D eigenvalue weighted by molar-refractivity contribution is 6.34. The largest absolute Gasteiger partial charge is 0.319 e. The topological polar surface area (TPSA) is 29.1 Å². The van der Waals surface area contributed by atoms with Crippen LogP contribution in [0.1, 0.15) is 10.4 Å². The Labute approximate surface area is 111 Å². The minimum absolute atomic E-state index is 0.00760. The van der Waals surface area contributed by atoms with Gasteiger partial charge in [-0.15, -0.1) is 0 Å². The summed E-state index contributed by atoms with van der Waals surface area (Å²) < 4.78 is 38.9. The smallest absolute Gasteiger partial charge is 0.257 e. The maximum Gasteiger partial charge on any atom is 0.257 e. The summed E-state index contributed by atoms with van der Waals surface area (Å²) in [6.07, 6.45) is 0. The van der Waals surface area contributed by atoms with E-state index < -0.39 is 23.4 Å². The Kier molecular flexibility index (Phi) is 3.76. The molecule has 0 spiro atoms. The Morgan fingerprint density at radius 2 is 1.63 bits per heavy atom. The normalized spacial score (nSPS) is 10.3. The van der Waals surface area contributed by atoms with Gasteiger partial charge in [-0.25, -0.2) is 13.2 Å². The molecule has 0 radical (unpaired) electrons. The number of carbonyl (C=O) groups is 1. The number of hydrogen-bond donors (Lipinski definition) is 1. The number of hydrogen-bond acceptors (Lipinski definition) is 1. The quantitative estimate of drug-likeness (QED) is 0.887. The van der Waals surface area contributed by atoms with Crippen LogP contribution in [0.25, 0.3) is 0 Å². The molecule has 0 bridgehead atoms. The molecule has 2 aromatic rings. The second kappa shape index (κ2) is 5.32. The average molecular weight is 286 g/mol. The summed E-state index contributed by atoms with van der Waals surface area (Å²) >= 11 is 5.70. The zero-order valence-electron chi connectivity index (χ0n) is 9.38. The van der Waals surface area contributed by atoms with E-state index in [9.17, 15) is 18.0 Å². The van der Waals surface area contributed by atoms with Gasteiger partial charge in [-0.05, 0) is 30.3 Å². The Morgan fingerprint density at radius 3 is 2.26 bits per heavy atom. The number of nitrogens with one attached hydrogen (secondary N) is 1. The van der Waals surface area contributed by atoms with E-state index in [4.69, 9.17) is 11.6 Å². The molecule has 0 fully saturated rings. The van der Waals surface area contributed by atoms with Crippen LogP contribution in [0.2, 0.25) is 5.02 Å². The first-order chi connectivity index (χ1) is 8.97. The van der Waals surface area contributed by atoms with Crippen LogP contribution in [0.5, 0.6) is 0 Å². The van der Waals surface area contributed by atoms with Crippen LogP contribution in [-0.2, 0) is 0 Å². The fourth-order valence-corrected chi connectivity index (χ4v) is 1.71. The minimum Gasteiger partial charge on any atom is -0.319 e. The Bertz CT molecular complexity index is 646. The average Bonchev–Trinajstić information content (AvgIpc) is 2.32. The number of halogens is 4. The van der Waals surface area contributed by atoms with Gasteiger partial charge < -0.3 is 5.32 Å². The maximum atomic E-state index is 13.3. The number of benzene rings is 2. The first-order valence-electron chi connectivity index (χ1n) is 5.19. The van der Waals surface area contributed by atoms with Gasteiger partial charge in [0.05, 0.1) is 16.3 Å². The molecular weight excluding hydrogens is 279 g/mol. The standard InChI is InChI=1S/C13H7ClF3NO/c14-10-5-7(15)1-3-9(10)13(19)18-12-4-2-8(16)6-11(12)17/h1-6H,(H,18,19). The summed E-state index contributed by atoms with van der Waals surface area (Å²) in [4.78, 5) is 11.8. The molecule has 0 aliphatic rings. The second-order valence-electron chi connectivity index (χ2n) is 3.70. The summed E-state index contributed by atoms with van der Waals surface area (Å²) in [5, 5.41) is 2.13. The third-order valence-electron chi connectivity index (χ3n) is 2.36. The molecule has 0 unspecified atom stereocenters. The van der Waals surface area contributed by atoms with Crippen molar-refractivity contribution in [2.24, 2.45) is 0 Å². The van der Waals surface area contributed by atoms with Gasteiger partial charge in [0.2, 0.25) is 0 Å². The van der Waals surface area contributed by atoms with Crippen molar-refractivity contribution in [3.8, 4) is 0 Å². The minimum atomic E-state index is -0.911. The van der Waals surface area contributed by atoms with E-state index in [2.05, 4.69) is 5.32 Å². The van der Waals surface area contributed by atoms with Crippen molar-refractivity contribution in [3.63, 3.8) is 0 Å². The van der Waals surface area contributed by atoms with E-state index in [1.165, 1.54) is 6.07 Å². The first-order valence-corrected chi connectivity index (χ1v) is 5.56. The molecule has 2 aromatic carbocycles. The molecular formula is C13H7ClF3NO. The van der Waals surface area contributed by atoms with Crippen molar-refractivity contribution in [1.29, 1.82) is 0 Å². The second-order valence-corrected chi connectivity index (χ2v) is 4.11. The molecule has 6 heteroatoms. The number of carbonyl (C=O) groups excluding carboxylic acids is 1. The molecule has 0 aliphatic carbocycles. The van der Waals surface area contributed by atoms with Crippen LogP contribution in [0.15, 0.2) is 36.4 Å². The molecule has 0 heterocycles. The molecule has 98 valence electrons. The highest BCUT2D eigenvalue weighted by Gasteiger charge is 2.13. The predicted molar refractivity (Wildman–Crippen MR) is 65.7 cm³/mol. The highest BCUT2D eigenvalue weighted by atomic mass is 35.5. The third kappa shape index (κ3) is 3.06. The fraction of sp³-hybridized carbons (Fsp3) is 0. The third-order valence-corrected chi connectivity index (χ3v) is 2.67. The summed E-state index contributed by atoms with van der Waals surface area (Å²) in [5.74, 6) is -2.97. The van der Waals surface area contributed by atoms with Crippen LogP contribution >= 0.6 is 11.6 Å². The van der Waals surface area contributed by atoms with Gasteiger partial charge >= 0.3 is 0 Å². The Balaban J connectivity index is 2.25. The lowest BCUT2D eigenvalue weighted by molar-refractivity contribution is 0.102. The van der Waals surface area contributed by atoms with E-state index in [1.807, 2.05) is 0 Å². The van der Waals surface area contributed by atoms with E-state index in [-0.39, 0.29) is 16.3 Å². The lowest BCUT2D eigenvalue weighted by Gasteiger charge is -2.07. The van der Waals surface area contributed by atoms with Crippen molar-refractivity contribution < 1.29 is 18.0 Å². The molecule has 0 saturated heterocycles.